The number of amides is 1. The van der Waals surface area contributed by atoms with Crippen molar-refractivity contribution in [3.05, 3.63) is 30.2 Å². The predicted molar refractivity (Wildman–Crippen MR) is 104 cm³/mol. The average Bonchev–Trinajstić information content (AvgIpc) is 3.42. The Bertz CT molecular complexity index is 949. The Hall–Kier alpha value is -2.42. The minimum Gasteiger partial charge on any atom is -0.339 e. The molecule has 9 heteroatoms. The van der Waals surface area contributed by atoms with Crippen molar-refractivity contribution in [2.45, 2.75) is 51.0 Å². The van der Waals surface area contributed by atoms with Gasteiger partial charge in [-0.15, -0.1) is 0 Å². The van der Waals surface area contributed by atoms with Gasteiger partial charge in [-0.3, -0.25) is 9.52 Å². The smallest absolute Gasteiger partial charge is 0.232 e. The predicted octanol–water partition coefficient (Wildman–Crippen LogP) is 2.76. The molecule has 2 heterocycles. The van der Waals surface area contributed by atoms with Crippen LogP contribution in [0.15, 0.2) is 28.8 Å². The number of likely N-dealkylation sites (tertiary alicyclic amines) is 1. The van der Waals surface area contributed by atoms with E-state index in [4.69, 9.17) is 4.52 Å². The summed E-state index contributed by atoms with van der Waals surface area (Å²) in [6, 6.07) is 7.18. The molecule has 150 valence electrons. The van der Waals surface area contributed by atoms with E-state index in [1.165, 1.54) is 12.8 Å². The lowest BCUT2D eigenvalue weighted by atomic mass is 10.1. The molecule has 4 rings (SSSR count). The van der Waals surface area contributed by atoms with Crippen LogP contribution in [-0.2, 0) is 14.8 Å². The summed E-state index contributed by atoms with van der Waals surface area (Å²) in [5.74, 6) is 1.04. The zero-order valence-corrected chi connectivity index (χ0v) is 16.6. The monoisotopic (exact) mass is 404 g/mol. The maximum Gasteiger partial charge on any atom is 0.232 e. The maximum atomic E-state index is 12.4. The topological polar surface area (TPSA) is 105 Å². The second-order valence-electron chi connectivity index (χ2n) is 7.42. The first kappa shape index (κ1) is 18.9. The molecule has 2 fully saturated rings. The Morgan fingerprint density at radius 3 is 2.61 bits per heavy atom. The number of nitrogens with zero attached hydrogens (tertiary/aromatic N) is 3. The van der Waals surface area contributed by atoms with Gasteiger partial charge in [-0.05, 0) is 44.0 Å². The maximum absolute atomic E-state index is 12.4. The van der Waals surface area contributed by atoms with Gasteiger partial charge in [0, 0.05) is 30.3 Å². The molecule has 0 radical (unpaired) electrons. The Kier molecular flexibility index (Phi) is 5.09. The first-order valence-electron chi connectivity index (χ1n) is 9.69. The van der Waals surface area contributed by atoms with Crippen LogP contribution in [0.25, 0.3) is 11.4 Å². The summed E-state index contributed by atoms with van der Waals surface area (Å²) in [7, 11) is -3.31. The van der Waals surface area contributed by atoms with Gasteiger partial charge in [0.2, 0.25) is 27.6 Å². The molecule has 28 heavy (non-hydrogen) atoms. The van der Waals surface area contributed by atoms with E-state index >= 15 is 0 Å². The molecule has 1 aromatic carbocycles. The molecule has 1 N–H and O–H groups in total. The highest BCUT2D eigenvalue weighted by Gasteiger charge is 2.38. The lowest BCUT2D eigenvalue weighted by molar-refractivity contribution is -0.129. The number of sulfonamides is 1. The van der Waals surface area contributed by atoms with Crippen molar-refractivity contribution in [3.8, 4) is 11.4 Å². The molecule has 1 aliphatic carbocycles. The zero-order valence-electron chi connectivity index (χ0n) is 15.8. The number of benzene rings is 1. The molecule has 0 spiro atoms. The molecule has 0 bridgehead atoms. The van der Waals surface area contributed by atoms with E-state index in [9.17, 15) is 13.2 Å². The van der Waals surface area contributed by atoms with Crippen molar-refractivity contribution in [1.82, 2.24) is 15.0 Å². The van der Waals surface area contributed by atoms with Crippen molar-refractivity contribution in [2.24, 2.45) is 0 Å². The van der Waals surface area contributed by atoms with Crippen LogP contribution in [0.5, 0.6) is 0 Å². The lowest BCUT2D eigenvalue weighted by Crippen LogP contribution is -2.34. The summed E-state index contributed by atoms with van der Waals surface area (Å²) >= 11 is 0. The normalized spacial score (nSPS) is 20.8. The van der Waals surface area contributed by atoms with Gasteiger partial charge in [0.15, 0.2) is 0 Å². The van der Waals surface area contributed by atoms with Crippen LogP contribution < -0.4 is 4.72 Å². The van der Waals surface area contributed by atoms with Gasteiger partial charge in [-0.1, -0.05) is 18.0 Å². The van der Waals surface area contributed by atoms with Gasteiger partial charge in [-0.25, -0.2) is 8.42 Å². The molecule has 1 aliphatic heterocycles. The number of rotatable bonds is 6. The molecule has 1 aromatic heterocycles. The van der Waals surface area contributed by atoms with E-state index < -0.39 is 10.0 Å². The highest BCUT2D eigenvalue weighted by molar-refractivity contribution is 7.92. The van der Waals surface area contributed by atoms with Crippen molar-refractivity contribution in [1.29, 1.82) is 0 Å². The molecule has 1 saturated carbocycles. The molecular formula is C19H24N4O4S. The molecular weight excluding hydrogens is 380 g/mol. The van der Waals surface area contributed by atoms with E-state index in [1.54, 1.807) is 31.2 Å². The molecule has 0 unspecified atom stereocenters. The zero-order chi connectivity index (χ0) is 19.7. The summed E-state index contributed by atoms with van der Waals surface area (Å²) in [4.78, 5) is 18.8. The average molecular weight is 404 g/mol. The molecule has 2 aromatic rings. The Morgan fingerprint density at radius 1 is 1.21 bits per heavy atom. The summed E-state index contributed by atoms with van der Waals surface area (Å²) in [5.41, 5.74) is 1.22. The van der Waals surface area contributed by atoms with Gasteiger partial charge in [0.05, 0.1) is 11.7 Å². The third kappa shape index (κ3) is 3.89. The fourth-order valence-corrected chi connectivity index (χ4v) is 4.56. The van der Waals surface area contributed by atoms with E-state index in [-0.39, 0.29) is 17.6 Å². The number of hydrogen-bond donors (Lipinski definition) is 1. The molecule has 1 amide bonds. The SMILES string of the molecule is CCS(=O)(=O)Nc1ccc(-c2noc([C@H]3CC(=O)N(C4CCCC4)C3)n2)cc1. The lowest BCUT2D eigenvalue weighted by Gasteiger charge is -2.23. The highest BCUT2D eigenvalue weighted by Crippen LogP contribution is 2.34. The molecule has 2 aliphatic rings. The highest BCUT2D eigenvalue weighted by atomic mass is 32.2. The van der Waals surface area contributed by atoms with Crippen molar-refractivity contribution < 1.29 is 17.7 Å². The fraction of sp³-hybridized carbons (Fsp3) is 0.526. The molecule has 1 saturated heterocycles. The van der Waals surface area contributed by atoms with Crippen LogP contribution in [0.1, 0.15) is 50.8 Å². The fourth-order valence-electron chi connectivity index (χ4n) is 3.92. The second kappa shape index (κ2) is 7.54. The summed E-state index contributed by atoms with van der Waals surface area (Å²) in [5, 5.41) is 4.04. The number of carbonyl (C=O) groups is 1. The second-order valence-corrected chi connectivity index (χ2v) is 9.44. The number of aromatic nitrogens is 2. The molecule has 1 atom stereocenters. The summed E-state index contributed by atoms with van der Waals surface area (Å²) in [6.45, 7) is 2.22. The van der Waals surface area contributed by atoms with Crippen LogP contribution in [0, 0.1) is 0 Å². The minimum absolute atomic E-state index is 0.0148. The Morgan fingerprint density at radius 2 is 1.93 bits per heavy atom. The first-order valence-corrected chi connectivity index (χ1v) is 11.3. The van der Waals surface area contributed by atoms with Gasteiger partial charge in [0.25, 0.3) is 0 Å². The summed E-state index contributed by atoms with van der Waals surface area (Å²) in [6.07, 6.45) is 4.96. The number of carbonyl (C=O) groups excluding carboxylic acids is 1. The number of nitrogens with one attached hydrogen (secondary N) is 1. The van der Waals surface area contributed by atoms with Crippen LogP contribution in [0.3, 0.4) is 0 Å². The number of anilines is 1. The Labute approximate surface area is 164 Å². The largest absolute Gasteiger partial charge is 0.339 e. The standard InChI is InChI=1S/C19H24N4O4S/c1-2-28(25,26)22-15-9-7-13(8-10-15)18-20-19(27-21-18)14-11-17(24)23(12-14)16-5-3-4-6-16/h7-10,14,16,22H,2-6,11-12H2,1H3/t14-/m0/s1. The third-order valence-corrected chi connectivity index (χ3v) is 6.82. The van der Waals surface area contributed by atoms with Gasteiger partial charge >= 0.3 is 0 Å². The molecule has 8 nitrogen and oxygen atoms in total. The van der Waals surface area contributed by atoms with Gasteiger partial charge in [-0.2, -0.15) is 4.98 Å². The van der Waals surface area contributed by atoms with E-state index in [1.807, 2.05) is 4.90 Å². The third-order valence-electron chi connectivity index (χ3n) is 5.51. The number of hydrogen-bond acceptors (Lipinski definition) is 6. The summed E-state index contributed by atoms with van der Waals surface area (Å²) < 4.78 is 31.2. The Balaban J connectivity index is 1.45. The van der Waals surface area contributed by atoms with Crippen LogP contribution in [0.4, 0.5) is 5.69 Å². The minimum atomic E-state index is -3.31. The van der Waals surface area contributed by atoms with Crippen molar-refractivity contribution in [3.63, 3.8) is 0 Å². The quantitative estimate of drug-likeness (QED) is 0.794. The van der Waals surface area contributed by atoms with Crippen LogP contribution in [-0.4, -0.2) is 47.7 Å². The van der Waals surface area contributed by atoms with Gasteiger partial charge < -0.3 is 9.42 Å². The van der Waals surface area contributed by atoms with Crippen molar-refractivity contribution in [2.75, 3.05) is 17.0 Å². The van der Waals surface area contributed by atoms with Crippen LogP contribution >= 0.6 is 0 Å². The van der Waals surface area contributed by atoms with Crippen LogP contribution in [0.2, 0.25) is 0 Å². The first-order chi connectivity index (χ1) is 13.4. The van der Waals surface area contributed by atoms with E-state index in [0.717, 1.165) is 18.4 Å². The van der Waals surface area contributed by atoms with Crippen molar-refractivity contribution >= 4 is 21.6 Å². The van der Waals surface area contributed by atoms with E-state index in [2.05, 4.69) is 14.9 Å². The van der Waals surface area contributed by atoms with Gasteiger partial charge in [0.1, 0.15) is 0 Å². The van der Waals surface area contributed by atoms with E-state index in [0.29, 0.717) is 36.4 Å².